The van der Waals surface area contributed by atoms with Crippen LogP contribution in [0.4, 0.5) is 5.82 Å². The van der Waals surface area contributed by atoms with Crippen molar-refractivity contribution in [2.75, 3.05) is 36.5 Å². The zero-order valence-electron chi connectivity index (χ0n) is 22.2. The van der Waals surface area contributed by atoms with Gasteiger partial charge in [-0.1, -0.05) is 13.8 Å². The molecule has 4 aromatic heterocycles. The number of aromatic nitrogens is 5. The molecule has 0 aliphatic carbocycles. The van der Waals surface area contributed by atoms with Gasteiger partial charge in [-0.25, -0.2) is 22.9 Å². The summed E-state index contributed by atoms with van der Waals surface area (Å²) in [6.07, 6.45) is 7.22. The molecule has 2 saturated heterocycles. The Morgan fingerprint density at radius 3 is 2.51 bits per heavy atom. The Morgan fingerprint density at radius 1 is 1.11 bits per heavy atom. The number of fused-ring (bicyclic) bond motifs is 4. The monoisotopic (exact) mass is 521 g/mol. The molecule has 2 aliphatic heterocycles. The van der Waals surface area contributed by atoms with Crippen LogP contribution in [0.2, 0.25) is 0 Å². The second-order valence-electron chi connectivity index (χ2n) is 11.1. The number of rotatable bonds is 6. The number of likely N-dealkylation sites (tertiary alicyclic amines) is 1. The maximum atomic E-state index is 11.7. The number of pyridine rings is 2. The minimum atomic E-state index is -2.96. The highest BCUT2D eigenvalue weighted by Gasteiger charge is 2.40. The zero-order valence-corrected chi connectivity index (χ0v) is 23.0. The van der Waals surface area contributed by atoms with E-state index in [2.05, 4.69) is 70.9 Å². The molecule has 6 heterocycles. The van der Waals surface area contributed by atoms with Crippen molar-refractivity contribution in [2.24, 2.45) is 0 Å². The summed E-state index contributed by atoms with van der Waals surface area (Å²) in [6, 6.07) is 5.04. The first-order chi connectivity index (χ1) is 17.6. The molecule has 196 valence electrons. The van der Waals surface area contributed by atoms with Gasteiger partial charge in [0.05, 0.1) is 22.5 Å². The summed E-state index contributed by atoms with van der Waals surface area (Å²) in [5, 5.41) is 4.40. The molecule has 0 aromatic carbocycles. The van der Waals surface area contributed by atoms with E-state index in [9.17, 15) is 8.42 Å². The number of aryl methyl sites for hydroxylation is 1. The highest BCUT2D eigenvalue weighted by Crippen LogP contribution is 2.40. The third kappa shape index (κ3) is 4.20. The summed E-state index contributed by atoms with van der Waals surface area (Å²) in [5.74, 6) is 1.52. The van der Waals surface area contributed by atoms with Crippen LogP contribution >= 0.6 is 0 Å². The van der Waals surface area contributed by atoms with E-state index in [0.29, 0.717) is 18.6 Å². The molecule has 0 unspecified atom stereocenters. The molecule has 2 atom stereocenters. The molecule has 9 nitrogen and oxygen atoms in total. The largest absolute Gasteiger partial charge is 0.353 e. The lowest BCUT2D eigenvalue weighted by atomic mass is 9.95. The molecule has 10 heteroatoms. The summed E-state index contributed by atoms with van der Waals surface area (Å²) >= 11 is 0. The standard InChI is InChI=1S/C27H35N7O2S/c1-16(2)24-25(21-14-33-27(28-15-29-33)18(4)17(21)3)30-22-8-9-23(31-26(22)24)34-19-6-7-20(34)13-32(12-19)10-11-37(5,35)36/h8-9,14-16,19-20,30H,6-7,10-13H2,1-5H3/t19-,20+. The van der Waals surface area contributed by atoms with Crippen LogP contribution in [0.1, 0.15) is 49.3 Å². The number of hydrogen-bond acceptors (Lipinski definition) is 7. The van der Waals surface area contributed by atoms with E-state index in [1.165, 1.54) is 17.4 Å². The number of aromatic amines is 1. The van der Waals surface area contributed by atoms with Gasteiger partial charge in [0.1, 0.15) is 22.0 Å². The van der Waals surface area contributed by atoms with Crippen molar-refractivity contribution in [3.8, 4) is 11.3 Å². The Bertz CT molecular complexity index is 1590. The average molecular weight is 522 g/mol. The van der Waals surface area contributed by atoms with Gasteiger partial charge in [-0.2, -0.15) is 5.10 Å². The molecule has 37 heavy (non-hydrogen) atoms. The third-order valence-corrected chi connectivity index (χ3v) is 9.16. The quantitative estimate of drug-likeness (QED) is 0.413. The van der Waals surface area contributed by atoms with Crippen molar-refractivity contribution >= 4 is 32.3 Å². The molecule has 2 bridgehead atoms. The summed E-state index contributed by atoms with van der Waals surface area (Å²) in [7, 11) is -2.96. The van der Waals surface area contributed by atoms with Crippen LogP contribution in [0.5, 0.6) is 0 Å². The minimum Gasteiger partial charge on any atom is -0.353 e. The van der Waals surface area contributed by atoms with Gasteiger partial charge >= 0.3 is 0 Å². The third-order valence-electron chi connectivity index (χ3n) is 8.24. The molecule has 2 fully saturated rings. The summed E-state index contributed by atoms with van der Waals surface area (Å²) in [4.78, 5) is 18.2. The predicted octanol–water partition coefficient (Wildman–Crippen LogP) is 3.71. The molecular weight excluding hydrogens is 486 g/mol. The first kappa shape index (κ1) is 24.4. The number of sulfone groups is 1. The Hall–Kier alpha value is -2.98. The highest BCUT2D eigenvalue weighted by atomic mass is 32.2. The number of piperazine rings is 1. The van der Waals surface area contributed by atoms with E-state index in [1.54, 1.807) is 6.33 Å². The van der Waals surface area contributed by atoms with Crippen LogP contribution in [-0.4, -0.2) is 81.6 Å². The second-order valence-corrected chi connectivity index (χ2v) is 13.4. The van der Waals surface area contributed by atoms with E-state index in [-0.39, 0.29) is 11.7 Å². The molecule has 2 aliphatic rings. The van der Waals surface area contributed by atoms with Crippen LogP contribution in [0.25, 0.3) is 27.9 Å². The van der Waals surface area contributed by atoms with Crippen molar-refractivity contribution in [1.82, 2.24) is 29.5 Å². The normalized spacial score (nSPS) is 20.6. The van der Waals surface area contributed by atoms with Crippen LogP contribution in [0.3, 0.4) is 0 Å². The molecule has 0 saturated carbocycles. The van der Waals surface area contributed by atoms with E-state index in [4.69, 9.17) is 4.98 Å². The van der Waals surface area contributed by atoms with Gasteiger partial charge in [0, 0.05) is 55.3 Å². The van der Waals surface area contributed by atoms with Gasteiger partial charge in [0.25, 0.3) is 0 Å². The van der Waals surface area contributed by atoms with Gasteiger partial charge in [0.15, 0.2) is 5.65 Å². The van der Waals surface area contributed by atoms with E-state index >= 15 is 0 Å². The van der Waals surface area contributed by atoms with Crippen molar-refractivity contribution in [3.05, 3.63) is 41.3 Å². The SMILES string of the molecule is Cc1c(-c2[nH]c3ccc(N4[C@@H]5CC[C@H]4CN(CCS(C)(=O)=O)C5)nc3c2C(C)C)cn2ncnc2c1C. The van der Waals surface area contributed by atoms with Crippen LogP contribution in [-0.2, 0) is 9.84 Å². The molecular formula is C27H35N7O2S. The van der Waals surface area contributed by atoms with Crippen molar-refractivity contribution in [1.29, 1.82) is 0 Å². The van der Waals surface area contributed by atoms with Gasteiger partial charge in [0.2, 0.25) is 0 Å². The fourth-order valence-electron chi connectivity index (χ4n) is 6.29. The Morgan fingerprint density at radius 2 is 1.84 bits per heavy atom. The van der Waals surface area contributed by atoms with Crippen molar-refractivity contribution in [2.45, 2.75) is 58.5 Å². The van der Waals surface area contributed by atoms with Gasteiger partial charge in [-0.3, -0.25) is 4.90 Å². The van der Waals surface area contributed by atoms with Gasteiger partial charge in [-0.05, 0) is 55.9 Å². The number of anilines is 1. The summed E-state index contributed by atoms with van der Waals surface area (Å²) in [6.45, 7) is 11.1. The Balaban J connectivity index is 1.38. The van der Waals surface area contributed by atoms with E-state index in [1.807, 2.05) is 4.52 Å². The summed E-state index contributed by atoms with van der Waals surface area (Å²) in [5.41, 5.74) is 8.71. The molecule has 0 amide bonds. The minimum absolute atomic E-state index is 0.222. The highest BCUT2D eigenvalue weighted by molar-refractivity contribution is 7.90. The lowest BCUT2D eigenvalue weighted by Crippen LogP contribution is -2.54. The van der Waals surface area contributed by atoms with Crippen LogP contribution in [0.15, 0.2) is 24.7 Å². The van der Waals surface area contributed by atoms with Gasteiger partial charge in [-0.15, -0.1) is 0 Å². The maximum Gasteiger partial charge on any atom is 0.158 e. The fourth-order valence-corrected chi connectivity index (χ4v) is 6.88. The first-order valence-corrected chi connectivity index (χ1v) is 15.2. The smallest absolute Gasteiger partial charge is 0.158 e. The van der Waals surface area contributed by atoms with E-state index < -0.39 is 9.84 Å². The van der Waals surface area contributed by atoms with E-state index in [0.717, 1.165) is 65.3 Å². The van der Waals surface area contributed by atoms with Crippen LogP contribution in [0, 0.1) is 13.8 Å². The Labute approximate surface area is 217 Å². The average Bonchev–Trinajstić information content (AvgIpc) is 3.53. The van der Waals surface area contributed by atoms with Crippen LogP contribution < -0.4 is 4.90 Å². The lowest BCUT2D eigenvalue weighted by molar-refractivity contribution is 0.230. The van der Waals surface area contributed by atoms with Gasteiger partial charge < -0.3 is 9.88 Å². The van der Waals surface area contributed by atoms with Crippen molar-refractivity contribution in [3.63, 3.8) is 0 Å². The lowest BCUT2D eigenvalue weighted by Gasteiger charge is -2.41. The molecule has 4 aromatic rings. The first-order valence-electron chi connectivity index (χ1n) is 13.1. The number of H-pyrrole nitrogens is 1. The maximum absolute atomic E-state index is 11.7. The predicted molar refractivity (Wildman–Crippen MR) is 147 cm³/mol. The Kier molecular flexibility index (Phi) is 5.80. The molecule has 1 N–H and O–H groups in total. The summed E-state index contributed by atoms with van der Waals surface area (Å²) < 4.78 is 25.2. The second kappa shape index (κ2) is 8.80. The molecule has 6 rings (SSSR count). The fraction of sp³-hybridized carbons (Fsp3) is 0.519. The molecule has 0 spiro atoms. The van der Waals surface area contributed by atoms with Crippen molar-refractivity contribution < 1.29 is 8.42 Å². The topological polar surface area (TPSA) is 99.5 Å². The molecule has 0 radical (unpaired) electrons. The number of nitrogens with one attached hydrogen (secondary N) is 1. The number of hydrogen-bond donors (Lipinski definition) is 1. The number of nitrogens with zero attached hydrogens (tertiary/aromatic N) is 6. The zero-order chi connectivity index (χ0) is 26.1.